The zero-order chi connectivity index (χ0) is 9.97. The number of nitrogens with one attached hydrogen (secondary N) is 1. The van der Waals surface area contributed by atoms with Crippen LogP contribution in [0.3, 0.4) is 0 Å². The normalized spacial score (nSPS) is 18.6. The van der Waals surface area contributed by atoms with Crippen molar-refractivity contribution in [2.24, 2.45) is 0 Å². The minimum Gasteiger partial charge on any atom is -0.465 e. The highest BCUT2D eigenvalue weighted by atomic mass is 35.5. The molecule has 1 fully saturated rings. The third-order valence-corrected chi connectivity index (χ3v) is 2.91. The van der Waals surface area contributed by atoms with Crippen molar-refractivity contribution in [3.63, 3.8) is 0 Å². The summed E-state index contributed by atoms with van der Waals surface area (Å²) in [5.74, 6) is 0. The molecule has 0 amide bonds. The SMILES string of the molecule is [CH2-][NH+]1CCN(c2ccc(Cl)cc2)CC1. The molecule has 1 aromatic rings. The van der Waals surface area contributed by atoms with Crippen LogP contribution in [0.15, 0.2) is 24.3 Å². The van der Waals surface area contributed by atoms with Gasteiger partial charge in [0.1, 0.15) is 0 Å². The van der Waals surface area contributed by atoms with Crippen molar-refractivity contribution in [3.05, 3.63) is 36.3 Å². The topological polar surface area (TPSA) is 7.68 Å². The number of benzene rings is 1. The summed E-state index contributed by atoms with van der Waals surface area (Å²) in [5.41, 5.74) is 1.27. The van der Waals surface area contributed by atoms with Crippen LogP contribution in [0.25, 0.3) is 0 Å². The summed E-state index contributed by atoms with van der Waals surface area (Å²) in [4.78, 5) is 3.75. The standard InChI is InChI=1S/C11H15ClN2/c1-13-6-8-14(9-7-13)11-4-2-10(12)3-5-11/h2-5,13H,1,6-9H2. The molecule has 0 unspecified atom stereocenters. The maximum atomic E-state index is 5.84. The molecule has 0 radical (unpaired) electrons. The maximum Gasteiger partial charge on any atom is 0.0709 e. The number of quaternary nitrogens is 1. The molecule has 2 nitrogen and oxygen atoms in total. The molecule has 0 bridgehead atoms. The van der Waals surface area contributed by atoms with E-state index in [1.807, 2.05) is 12.1 Å². The molecule has 76 valence electrons. The van der Waals surface area contributed by atoms with Gasteiger partial charge in [0.2, 0.25) is 0 Å². The predicted molar refractivity (Wildman–Crippen MR) is 59.7 cm³/mol. The maximum absolute atomic E-state index is 5.84. The Morgan fingerprint density at radius 2 is 1.71 bits per heavy atom. The van der Waals surface area contributed by atoms with Crippen molar-refractivity contribution in [1.82, 2.24) is 0 Å². The van der Waals surface area contributed by atoms with Crippen molar-refractivity contribution in [2.45, 2.75) is 0 Å². The predicted octanol–water partition coefficient (Wildman–Crippen LogP) is 0.836. The molecule has 1 aliphatic rings. The number of rotatable bonds is 1. The summed E-state index contributed by atoms with van der Waals surface area (Å²) < 4.78 is 0. The molecule has 0 aromatic heterocycles. The van der Waals surface area contributed by atoms with Crippen molar-refractivity contribution in [1.29, 1.82) is 0 Å². The summed E-state index contributed by atoms with van der Waals surface area (Å²) in [6.45, 7) is 4.40. The third-order valence-electron chi connectivity index (χ3n) is 2.66. The van der Waals surface area contributed by atoms with Gasteiger partial charge in [-0.3, -0.25) is 0 Å². The second kappa shape index (κ2) is 4.20. The van der Waals surface area contributed by atoms with Gasteiger partial charge in [-0.25, -0.2) is 0 Å². The van der Waals surface area contributed by atoms with Crippen LogP contribution in [-0.4, -0.2) is 26.2 Å². The zero-order valence-electron chi connectivity index (χ0n) is 8.17. The molecule has 1 aromatic carbocycles. The second-order valence-electron chi connectivity index (χ2n) is 3.71. The van der Waals surface area contributed by atoms with Crippen molar-refractivity contribution in [2.75, 3.05) is 31.1 Å². The number of hydrogen-bond donors (Lipinski definition) is 1. The first kappa shape index (κ1) is 9.81. The summed E-state index contributed by atoms with van der Waals surface area (Å²) in [5, 5.41) is 0.801. The van der Waals surface area contributed by atoms with Crippen LogP contribution in [0.1, 0.15) is 0 Å². The number of anilines is 1. The Balaban J connectivity index is 2.05. The summed E-state index contributed by atoms with van der Waals surface area (Å²) in [6.07, 6.45) is 0. The van der Waals surface area contributed by atoms with Gasteiger partial charge >= 0.3 is 0 Å². The molecule has 1 heterocycles. The average Bonchev–Trinajstić information content (AvgIpc) is 2.21. The van der Waals surface area contributed by atoms with Crippen LogP contribution in [-0.2, 0) is 0 Å². The van der Waals surface area contributed by atoms with Gasteiger partial charge in [0.15, 0.2) is 0 Å². The van der Waals surface area contributed by atoms with E-state index in [9.17, 15) is 0 Å². The lowest BCUT2D eigenvalue weighted by Gasteiger charge is -2.35. The van der Waals surface area contributed by atoms with E-state index in [1.165, 1.54) is 10.6 Å². The first-order valence-electron chi connectivity index (χ1n) is 4.93. The van der Waals surface area contributed by atoms with Gasteiger partial charge in [-0.15, -0.1) is 0 Å². The van der Waals surface area contributed by atoms with Crippen LogP contribution < -0.4 is 9.80 Å². The van der Waals surface area contributed by atoms with E-state index in [2.05, 4.69) is 24.1 Å². The van der Waals surface area contributed by atoms with Gasteiger partial charge in [0.05, 0.1) is 26.2 Å². The van der Waals surface area contributed by atoms with Crippen LogP contribution in [0, 0.1) is 7.05 Å². The zero-order valence-corrected chi connectivity index (χ0v) is 8.93. The highest BCUT2D eigenvalue weighted by Gasteiger charge is 2.13. The van der Waals surface area contributed by atoms with Gasteiger partial charge in [-0.05, 0) is 24.3 Å². The Morgan fingerprint density at radius 1 is 1.14 bits per heavy atom. The summed E-state index contributed by atoms with van der Waals surface area (Å²) >= 11 is 5.84. The van der Waals surface area contributed by atoms with Crippen LogP contribution in [0.2, 0.25) is 5.02 Å². The lowest BCUT2D eigenvalue weighted by Crippen LogP contribution is -3.10. The van der Waals surface area contributed by atoms with E-state index in [1.54, 1.807) is 0 Å². The van der Waals surface area contributed by atoms with Crippen LogP contribution >= 0.6 is 11.6 Å². The van der Waals surface area contributed by atoms with Crippen molar-refractivity contribution >= 4 is 17.3 Å². The van der Waals surface area contributed by atoms with E-state index in [0.29, 0.717) is 0 Å². The van der Waals surface area contributed by atoms with Crippen molar-refractivity contribution < 1.29 is 4.90 Å². The molecule has 14 heavy (non-hydrogen) atoms. The van der Waals surface area contributed by atoms with E-state index >= 15 is 0 Å². The Morgan fingerprint density at radius 3 is 2.29 bits per heavy atom. The van der Waals surface area contributed by atoms with E-state index in [-0.39, 0.29) is 0 Å². The summed E-state index contributed by atoms with van der Waals surface area (Å²) in [7, 11) is 4.01. The fourth-order valence-electron chi connectivity index (χ4n) is 1.73. The molecular formula is C11H15ClN2. The lowest BCUT2D eigenvalue weighted by molar-refractivity contribution is -0.854. The van der Waals surface area contributed by atoms with Gasteiger partial charge in [-0.2, -0.15) is 7.05 Å². The first-order chi connectivity index (χ1) is 6.75. The number of hydrogen-bond acceptors (Lipinski definition) is 1. The third kappa shape index (κ3) is 2.20. The van der Waals surface area contributed by atoms with Gasteiger partial charge in [0.25, 0.3) is 0 Å². The Bertz CT molecular complexity index is 289. The number of piperazine rings is 1. The highest BCUT2D eigenvalue weighted by molar-refractivity contribution is 6.30. The Kier molecular flexibility index (Phi) is 2.94. The molecule has 0 saturated carbocycles. The molecule has 2 rings (SSSR count). The largest absolute Gasteiger partial charge is 0.465 e. The monoisotopic (exact) mass is 210 g/mol. The fraction of sp³-hybridized carbons (Fsp3) is 0.364. The number of halogens is 1. The first-order valence-corrected chi connectivity index (χ1v) is 5.31. The molecule has 1 saturated heterocycles. The summed E-state index contributed by atoms with van der Waals surface area (Å²) in [6, 6.07) is 8.05. The van der Waals surface area contributed by atoms with E-state index in [0.717, 1.165) is 31.2 Å². The molecule has 3 heteroatoms. The smallest absolute Gasteiger partial charge is 0.0709 e. The highest BCUT2D eigenvalue weighted by Crippen LogP contribution is 2.17. The quantitative estimate of drug-likeness (QED) is 0.675. The molecule has 0 aliphatic carbocycles. The molecular weight excluding hydrogens is 196 g/mol. The Hall–Kier alpha value is -0.730. The fourth-order valence-corrected chi connectivity index (χ4v) is 1.86. The lowest BCUT2D eigenvalue weighted by atomic mass is 10.2. The van der Waals surface area contributed by atoms with Gasteiger partial charge in [-0.1, -0.05) is 11.6 Å². The van der Waals surface area contributed by atoms with Crippen LogP contribution in [0.4, 0.5) is 5.69 Å². The minimum atomic E-state index is 0.801. The molecule has 1 aliphatic heterocycles. The Labute approximate surface area is 90.1 Å². The van der Waals surface area contributed by atoms with E-state index in [4.69, 9.17) is 11.6 Å². The average molecular weight is 211 g/mol. The minimum absolute atomic E-state index is 0.801. The van der Waals surface area contributed by atoms with E-state index < -0.39 is 0 Å². The molecule has 0 spiro atoms. The van der Waals surface area contributed by atoms with Gasteiger partial charge in [0, 0.05) is 10.7 Å². The van der Waals surface area contributed by atoms with Crippen LogP contribution in [0.5, 0.6) is 0 Å². The second-order valence-corrected chi connectivity index (χ2v) is 4.15. The van der Waals surface area contributed by atoms with Crippen molar-refractivity contribution in [3.8, 4) is 0 Å². The van der Waals surface area contributed by atoms with Gasteiger partial charge < -0.3 is 9.80 Å². The molecule has 1 N–H and O–H groups in total. The molecule has 0 atom stereocenters. The number of nitrogens with zero attached hydrogens (tertiary/aromatic N) is 1.